The summed E-state index contributed by atoms with van der Waals surface area (Å²) >= 11 is 6.02. The van der Waals surface area contributed by atoms with Crippen LogP contribution >= 0.6 is 24.0 Å². The normalized spacial score (nSPS) is 18.1. The number of ether oxygens (including phenoxy) is 2. The monoisotopic (exact) mass is 501 g/mol. The van der Waals surface area contributed by atoms with Gasteiger partial charge < -0.3 is 19.9 Å². The lowest BCUT2D eigenvalue weighted by atomic mass is 9.80. The van der Waals surface area contributed by atoms with E-state index < -0.39 is 6.10 Å². The van der Waals surface area contributed by atoms with Crippen LogP contribution in [0.4, 0.5) is 0 Å². The number of benzene rings is 3. The molecule has 1 aliphatic rings. The van der Waals surface area contributed by atoms with Crippen molar-refractivity contribution in [1.82, 2.24) is 5.32 Å². The van der Waals surface area contributed by atoms with Gasteiger partial charge in [-0.15, -0.1) is 12.4 Å². The molecule has 3 aromatic carbocycles. The van der Waals surface area contributed by atoms with Crippen LogP contribution in [0.25, 0.3) is 0 Å². The molecule has 182 valence electrons. The van der Waals surface area contributed by atoms with Gasteiger partial charge in [-0.2, -0.15) is 0 Å². The van der Waals surface area contributed by atoms with Crippen LogP contribution in [-0.4, -0.2) is 29.9 Å². The molecule has 6 heteroatoms. The summed E-state index contributed by atoms with van der Waals surface area (Å²) in [5, 5.41) is 14.3. The van der Waals surface area contributed by atoms with Crippen molar-refractivity contribution < 1.29 is 14.6 Å². The molecule has 0 radical (unpaired) electrons. The van der Waals surface area contributed by atoms with E-state index in [-0.39, 0.29) is 24.0 Å². The van der Waals surface area contributed by atoms with Gasteiger partial charge in [0.25, 0.3) is 0 Å². The Bertz CT molecular complexity index is 1070. The van der Waals surface area contributed by atoms with Crippen LogP contribution in [0, 0.1) is 0 Å². The van der Waals surface area contributed by atoms with Crippen LogP contribution in [0.3, 0.4) is 0 Å². The molecule has 0 saturated carbocycles. The largest absolute Gasteiger partial charge is 0.492 e. The van der Waals surface area contributed by atoms with Gasteiger partial charge in [0.05, 0.1) is 6.10 Å². The maximum Gasteiger partial charge on any atom is 0.127 e. The first-order chi connectivity index (χ1) is 15.8. The number of rotatable bonds is 8. The van der Waals surface area contributed by atoms with Gasteiger partial charge in [-0.05, 0) is 56.5 Å². The zero-order valence-corrected chi connectivity index (χ0v) is 21.4. The van der Waals surface area contributed by atoms with Crippen LogP contribution in [0.5, 0.6) is 11.5 Å². The van der Waals surface area contributed by atoms with Crippen LogP contribution in [0.2, 0.25) is 5.02 Å². The fraction of sp³-hybridized carbons (Fsp3) is 0.357. The van der Waals surface area contributed by atoms with Gasteiger partial charge in [-0.1, -0.05) is 60.1 Å². The maximum absolute atomic E-state index is 10.4. The summed E-state index contributed by atoms with van der Waals surface area (Å²) in [6.07, 6.45) is 0.306. The Kier molecular flexibility index (Phi) is 8.89. The molecule has 3 atom stereocenters. The Labute approximate surface area is 213 Å². The average Bonchev–Trinajstić information content (AvgIpc) is 2.80. The van der Waals surface area contributed by atoms with Crippen molar-refractivity contribution in [3.05, 3.63) is 94.5 Å². The molecule has 34 heavy (non-hydrogen) atoms. The summed E-state index contributed by atoms with van der Waals surface area (Å²) < 4.78 is 12.4. The number of hydrogen-bond acceptors (Lipinski definition) is 4. The van der Waals surface area contributed by atoms with E-state index in [1.54, 1.807) is 12.1 Å². The second-order valence-electron chi connectivity index (χ2n) is 9.42. The average molecular weight is 502 g/mol. The number of fused-ring (bicyclic) bond motifs is 1. The van der Waals surface area contributed by atoms with E-state index in [4.69, 9.17) is 21.1 Å². The maximum atomic E-state index is 10.4. The fourth-order valence-electron chi connectivity index (χ4n) is 4.33. The molecule has 0 spiro atoms. The molecule has 3 aromatic rings. The SMILES string of the molecule is CC(COc1ccc2c(c1)OC(C)(C)CC2c1ccccc1)NCC(O)c1cccc(Cl)c1.Cl. The molecule has 4 rings (SSSR count). The van der Waals surface area contributed by atoms with Crippen LogP contribution in [0.1, 0.15) is 55.9 Å². The van der Waals surface area contributed by atoms with Crippen LogP contribution < -0.4 is 14.8 Å². The second-order valence-corrected chi connectivity index (χ2v) is 9.86. The molecule has 0 aromatic heterocycles. The van der Waals surface area contributed by atoms with E-state index in [2.05, 4.69) is 55.6 Å². The van der Waals surface area contributed by atoms with Crippen LogP contribution in [0.15, 0.2) is 72.8 Å². The summed E-state index contributed by atoms with van der Waals surface area (Å²) in [4.78, 5) is 0. The summed E-state index contributed by atoms with van der Waals surface area (Å²) in [5.74, 6) is 1.96. The zero-order valence-electron chi connectivity index (χ0n) is 19.8. The van der Waals surface area contributed by atoms with E-state index in [0.29, 0.717) is 24.1 Å². The molecule has 0 fully saturated rings. The summed E-state index contributed by atoms with van der Waals surface area (Å²) in [6, 6.07) is 24.1. The Morgan fingerprint density at radius 3 is 2.59 bits per heavy atom. The Morgan fingerprint density at radius 1 is 1.09 bits per heavy atom. The van der Waals surface area contributed by atoms with E-state index in [1.165, 1.54) is 11.1 Å². The first-order valence-electron chi connectivity index (χ1n) is 11.5. The van der Waals surface area contributed by atoms with Crippen molar-refractivity contribution in [2.24, 2.45) is 0 Å². The topological polar surface area (TPSA) is 50.7 Å². The van der Waals surface area contributed by atoms with Gasteiger partial charge in [0.1, 0.15) is 23.7 Å². The number of aliphatic hydroxyl groups excluding tert-OH is 1. The molecule has 0 saturated heterocycles. The van der Waals surface area contributed by atoms with Gasteiger partial charge in [-0.3, -0.25) is 0 Å². The highest BCUT2D eigenvalue weighted by molar-refractivity contribution is 6.30. The standard InChI is InChI=1S/C28H32ClNO3.ClH/c1-19(30-17-26(31)21-10-7-11-22(29)14-21)18-32-23-12-13-24-25(20-8-5-4-6-9-20)16-28(2,3)33-27(24)15-23;/h4-15,19,25-26,30-31H,16-18H2,1-3H3;1H. The highest BCUT2D eigenvalue weighted by atomic mass is 35.5. The Hall–Kier alpha value is -2.24. The smallest absolute Gasteiger partial charge is 0.127 e. The lowest BCUT2D eigenvalue weighted by Gasteiger charge is -2.38. The number of nitrogens with one attached hydrogen (secondary N) is 1. The van der Waals surface area contributed by atoms with Gasteiger partial charge in [-0.25, -0.2) is 0 Å². The molecular weight excluding hydrogens is 469 g/mol. The summed E-state index contributed by atoms with van der Waals surface area (Å²) in [5.41, 5.74) is 3.05. The van der Waals surface area contributed by atoms with Crippen molar-refractivity contribution in [3.8, 4) is 11.5 Å². The highest BCUT2D eigenvalue weighted by Gasteiger charge is 2.34. The van der Waals surface area contributed by atoms with E-state index >= 15 is 0 Å². The van der Waals surface area contributed by atoms with Gasteiger partial charge >= 0.3 is 0 Å². The second kappa shape index (κ2) is 11.5. The number of halogens is 2. The quantitative estimate of drug-likeness (QED) is 0.367. The van der Waals surface area contributed by atoms with Gasteiger partial charge in [0.2, 0.25) is 0 Å². The molecular formula is C28H33Cl2NO3. The first kappa shape index (κ1) is 26.4. The van der Waals surface area contributed by atoms with E-state index in [0.717, 1.165) is 23.5 Å². The zero-order chi connectivity index (χ0) is 23.4. The van der Waals surface area contributed by atoms with Crippen molar-refractivity contribution in [2.45, 2.75) is 50.9 Å². The fourth-order valence-corrected chi connectivity index (χ4v) is 4.53. The van der Waals surface area contributed by atoms with E-state index in [9.17, 15) is 5.11 Å². The highest BCUT2D eigenvalue weighted by Crippen LogP contribution is 2.45. The molecule has 1 heterocycles. The Balaban J connectivity index is 0.00000324. The minimum absolute atomic E-state index is 0. The predicted octanol–water partition coefficient (Wildman–Crippen LogP) is 6.55. The summed E-state index contributed by atoms with van der Waals surface area (Å²) in [7, 11) is 0. The number of aliphatic hydroxyl groups is 1. The molecule has 4 nitrogen and oxygen atoms in total. The lowest BCUT2D eigenvalue weighted by molar-refractivity contribution is 0.0769. The summed E-state index contributed by atoms with van der Waals surface area (Å²) in [6.45, 7) is 7.21. The van der Waals surface area contributed by atoms with Gasteiger partial charge in [0, 0.05) is 35.2 Å². The van der Waals surface area contributed by atoms with Crippen molar-refractivity contribution in [1.29, 1.82) is 0 Å². The molecule has 1 aliphatic heterocycles. The number of hydrogen-bond donors (Lipinski definition) is 2. The third-order valence-corrected chi connectivity index (χ3v) is 6.27. The molecule has 2 N–H and O–H groups in total. The predicted molar refractivity (Wildman–Crippen MR) is 141 cm³/mol. The minimum Gasteiger partial charge on any atom is -0.492 e. The third-order valence-electron chi connectivity index (χ3n) is 6.04. The van der Waals surface area contributed by atoms with Crippen molar-refractivity contribution >= 4 is 24.0 Å². The van der Waals surface area contributed by atoms with E-state index in [1.807, 2.05) is 31.2 Å². The molecule has 0 aliphatic carbocycles. The molecule has 0 bridgehead atoms. The van der Waals surface area contributed by atoms with Crippen molar-refractivity contribution in [2.75, 3.05) is 13.2 Å². The first-order valence-corrected chi connectivity index (χ1v) is 11.9. The molecule has 3 unspecified atom stereocenters. The Morgan fingerprint density at radius 2 is 1.85 bits per heavy atom. The minimum atomic E-state index is -0.625. The van der Waals surface area contributed by atoms with Crippen LogP contribution in [-0.2, 0) is 0 Å². The van der Waals surface area contributed by atoms with Gasteiger partial charge in [0.15, 0.2) is 0 Å². The third kappa shape index (κ3) is 6.67. The molecule has 0 amide bonds. The lowest BCUT2D eigenvalue weighted by Crippen LogP contribution is -2.35. The van der Waals surface area contributed by atoms with Crippen molar-refractivity contribution in [3.63, 3.8) is 0 Å².